The molecule has 0 N–H and O–H groups in total. The first-order valence-corrected chi connectivity index (χ1v) is 10.6. The highest BCUT2D eigenvalue weighted by Gasteiger charge is 2.27. The van der Waals surface area contributed by atoms with Gasteiger partial charge in [0, 0.05) is 37.1 Å². The monoisotopic (exact) mass is 403 g/mol. The second-order valence-electron chi connectivity index (χ2n) is 7.75. The number of rotatable bonds is 5. The highest BCUT2D eigenvalue weighted by atomic mass is 32.1. The fourth-order valence-electron chi connectivity index (χ4n) is 3.55. The molecule has 3 heterocycles. The van der Waals surface area contributed by atoms with Crippen molar-refractivity contribution in [2.75, 3.05) is 25.0 Å². The quantitative estimate of drug-likeness (QED) is 0.767. The number of amides is 1. The van der Waals surface area contributed by atoms with Gasteiger partial charge in [0.05, 0.1) is 35.0 Å². The normalized spacial score (nSPS) is 17.2. The van der Waals surface area contributed by atoms with Crippen molar-refractivity contribution >= 4 is 22.9 Å². The third-order valence-electron chi connectivity index (χ3n) is 5.41. The zero-order chi connectivity index (χ0) is 20.4. The minimum Gasteiger partial charge on any atom is -0.371 e. The van der Waals surface area contributed by atoms with E-state index in [0.717, 1.165) is 40.7 Å². The molecule has 0 bridgehead atoms. The average Bonchev–Trinajstić information content (AvgIpc) is 2.97. The van der Waals surface area contributed by atoms with Gasteiger partial charge in [-0.15, -0.1) is 11.3 Å². The SMILES string of the molecule is Cc1nc(CC(=O)N2CCCC(n3ncc(N(C)C(C)C)cc3=O)C2)c(C)s1. The first-order valence-electron chi connectivity index (χ1n) is 9.78. The van der Waals surface area contributed by atoms with Crippen LogP contribution in [0.1, 0.15) is 48.3 Å². The number of likely N-dealkylation sites (tertiary alicyclic amines) is 1. The van der Waals surface area contributed by atoms with E-state index in [-0.39, 0.29) is 23.6 Å². The minimum atomic E-state index is -0.115. The molecule has 1 unspecified atom stereocenters. The molecule has 7 nitrogen and oxygen atoms in total. The Bertz CT molecular complexity index is 904. The number of carbonyl (C=O) groups is 1. The van der Waals surface area contributed by atoms with Crippen LogP contribution in [0.2, 0.25) is 0 Å². The Hall–Kier alpha value is -2.22. The van der Waals surface area contributed by atoms with Gasteiger partial charge < -0.3 is 9.80 Å². The van der Waals surface area contributed by atoms with E-state index in [4.69, 9.17) is 0 Å². The van der Waals surface area contributed by atoms with Crippen molar-refractivity contribution in [3.8, 4) is 0 Å². The number of nitrogens with zero attached hydrogens (tertiary/aromatic N) is 5. The fraction of sp³-hybridized carbons (Fsp3) is 0.600. The first kappa shape index (κ1) is 20.5. The second kappa shape index (κ2) is 8.43. The van der Waals surface area contributed by atoms with Crippen molar-refractivity contribution in [2.45, 2.75) is 59.0 Å². The average molecular weight is 404 g/mol. The zero-order valence-corrected chi connectivity index (χ0v) is 18.1. The number of aryl methyl sites for hydroxylation is 2. The highest BCUT2D eigenvalue weighted by molar-refractivity contribution is 7.11. The van der Waals surface area contributed by atoms with Gasteiger partial charge in [-0.1, -0.05) is 0 Å². The molecule has 2 aromatic heterocycles. The summed E-state index contributed by atoms with van der Waals surface area (Å²) in [6.07, 6.45) is 3.78. The molecule has 1 aliphatic rings. The van der Waals surface area contributed by atoms with Crippen molar-refractivity contribution < 1.29 is 4.79 Å². The van der Waals surface area contributed by atoms with Gasteiger partial charge >= 0.3 is 0 Å². The van der Waals surface area contributed by atoms with Crippen LogP contribution in [0.5, 0.6) is 0 Å². The van der Waals surface area contributed by atoms with Gasteiger partial charge in [0.25, 0.3) is 5.56 Å². The molecule has 1 atom stereocenters. The topological polar surface area (TPSA) is 71.3 Å². The maximum absolute atomic E-state index is 12.8. The second-order valence-corrected chi connectivity index (χ2v) is 9.16. The Morgan fingerprint density at radius 3 is 2.75 bits per heavy atom. The standard InChI is InChI=1S/C20H29N5O2S/c1-13(2)23(5)17-9-20(27)25(21-11-17)16-7-6-8-24(12-16)19(26)10-18-14(3)28-15(4)22-18/h9,11,13,16H,6-8,10,12H2,1-5H3. The molecule has 1 fully saturated rings. The van der Waals surface area contributed by atoms with Crippen molar-refractivity contribution in [1.82, 2.24) is 19.7 Å². The van der Waals surface area contributed by atoms with Crippen LogP contribution in [0, 0.1) is 13.8 Å². The first-order chi connectivity index (χ1) is 13.3. The van der Waals surface area contributed by atoms with Gasteiger partial charge in [-0.25, -0.2) is 9.67 Å². The van der Waals surface area contributed by atoms with E-state index in [1.165, 1.54) is 4.68 Å². The summed E-state index contributed by atoms with van der Waals surface area (Å²) in [5, 5.41) is 5.40. The molecule has 1 aliphatic heterocycles. The van der Waals surface area contributed by atoms with Gasteiger partial charge in [0.2, 0.25) is 5.91 Å². The molecule has 0 spiro atoms. The summed E-state index contributed by atoms with van der Waals surface area (Å²) >= 11 is 1.62. The molecule has 1 amide bonds. The summed E-state index contributed by atoms with van der Waals surface area (Å²) in [4.78, 5) is 34.9. The summed E-state index contributed by atoms with van der Waals surface area (Å²) in [6, 6.07) is 1.84. The van der Waals surface area contributed by atoms with E-state index in [9.17, 15) is 9.59 Å². The van der Waals surface area contributed by atoms with Crippen LogP contribution in [0.4, 0.5) is 5.69 Å². The molecule has 0 saturated carbocycles. The largest absolute Gasteiger partial charge is 0.371 e. The predicted molar refractivity (Wildman–Crippen MR) is 112 cm³/mol. The molecule has 28 heavy (non-hydrogen) atoms. The lowest BCUT2D eigenvalue weighted by Gasteiger charge is -2.33. The van der Waals surface area contributed by atoms with Crippen molar-refractivity contribution in [3.05, 3.63) is 38.2 Å². The fourth-order valence-corrected chi connectivity index (χ4v) is 4.38. The Balaban J connectivity index is 1.71. The number of hydrogen-bond acceptors (Lipinski definition) is 6. The molecule has 0 aromatic carbocycles. The summed E-state index contributed by atoms with van der Waals surface area (Å²) in [6.45, 7) is 9.35. The number of hydrogen-bond donors (Lipinski definition) is 0. The van der Waals surface area contributed by atoms with Crippen LogP contribution in [-0.2, 0) is 11.2 Å². The van der Waals surface area contributed by atoms with E-state index in [1.807, 2.05) is 30.7 Å². The molecule has 2 aromatic rings. The van der Waals surface area contributed by atoms with Crippen LogP contribution in [-0.4, -0.2) is 51.8 Å². The predicted octanol–water partition coefficient (Wildman–Crippen LogP) is 2.57. The zero-order valence-electron chi connectivity index (χ0n) is 17.3. The summed E-state index contributed by atoms with van der Waals surface area (Å²) in [5.74, 6) is 0.0716. The number of carbonyl (C=O) groups excluding carboxylic acids is 1. The van der Waals surface area contributed by atoms with E-state index >= 15 is 0 Å². The van der Waals surface area contributed by atoms with E-state index in [2.05, 4.69) is 23.9 Å². The van der Waals surface area contributed by atoms with Gasteiger partial charge in [0.1, 0.15) is 0 Å². The molecule has 1 saturated heterocycles. The summed E-state index contributed by atoms with van der Waals surface area (Å²) < 4.78 is 1.54. The Morgan fingerprint density at radius 1 is 1.39 bits per heavy atom. The van der Waals surface area contributed by atoms with E-state index in [1.54, 1.807) is 23.6 Å². The van der Waals surface area contributed by atoms with Gasteiger partial charge in [-0.3, -0.25) is 9.59 Å². The third-order valence-corrected chi connectivity index (χ3v) is 6.34. The summed E-state index contributed by atoms with van der Waals surface area (Å²) in [5.41, 5.74) is 1.57. The number of anilines is 1. The molecular weight excluding hydrogens is 374 g/mol. The Morgan fingerprint density at radius 2 is 2.14 bits per heavy atom. The number of aromatic nitrogens is 3. The van der Waals surface area contributed by atoms with Gasteiger partial charge in [-0.05, 0) is 40.5 Å². The van der Waals surface area contributed by atoms with Crippen molar-refractivity contribution in [1.29, 1.82) is 0 Å². The molecule has 8 heteroatoms. The Kier molecular flexibility index (Phi) is 6.17. The lowest BCUT2D eigenvalue weighted by atomic mass is 10.0. The molecule has 152 valence electrons. The third kappa shape index (κ3) is 4.43. The maximum atomic E-state index is 12.8. The minimum absolute atomic E-state index is 0.0716. The maximum Gasteiger partial charge on any atom is 0.269 e. The van der Waals surface area contributed by atoms with Gasteiger partial charge in [0.15, 0.2) is 0 Å². The molecular formula is C20H29N5O2S. The van der Waals surface area contributed by atoms with Crippen LogP contribution in [0.3, 0.4) is 0 Å². The highest BCUT2D eigenvalue weighted by Crippen LogP contribution is 2.22. The van der Waals surface area contributed by atoms with Crippen LogP contribution < -0.4 is 10.5 Å². The number of thiazole rings is 1. The molecule has 3 rings (SSSR count). The summed E-state index contributed by atoms with van der Waals surface area (Å²) in [7, 11) is 1.95. The van der Waals surface area contributed by atoms with Crippen molar-refractivity contribution in [3.63, 3.8) is 0 Å². The van der Waals surface area contributed by atoms with E-state index < -0.39 is 0 Å². The molecule has 0 radical (unpaired) electrons. The molecule has 0 aliphatic carbocycles. The van der Waals surface area contributed by atoms with E-state index in [0.29, 0.717) is 13.0 Å². The lowest BCUT2D eigenvalue weighted by Crippen LogP contribution is -2.44. The van der Waals surface area contributed by atoms with Crippen LogP contribution in [0.25, 0.3) is 0 Å². The van der Waals surface area contributed by atoms with Crippen LogP contribution in [0.15, 0.2) is 17.1 Å². The van der Waals surface area contributed by atoms with Crippen molar-refractivity contribution in [2.24, 2.45) is 0 Å². The Labute approximate surface area is 170 Å². The lowest BCUT2D eigenvalue weighted by molar-refractivity contribution is -0.132. The smallest absolute Gasteiger partial charge is 0.269 e. The van der Waals surface area contributed by atoms with Gasteiger partial charge in [-0.2, -0.15) is 5.10 Å². The van der Waals surface area contributed by atoms with Crippen LogP contribution >= 0.6 is 11.3 Å². The number of piperidine rings is 1.